The highest BCUT2D eigenvalue weighted by atomic mass is 35.5. The molecule has 1 heterocycles. The summed E-state index contributed by atoms with van der Waals surface area (Å²) in [5.41, 5.74) is 3.13. The van der Waals surface area contributed by atoms with Crippen molar-refractivity contribution >= 4 is 23.4 Å². The van der Waals surface area contributed by atoms with Crippen LogP contribution in [0.2, 0.25) is 0 Å². The molecule has 4 nitrogen and oxygen atoms in total. The number of methoxy groups -OCH3 is 1. The predicted octanol–water partition coefficient (Wildman–Crippen LogP) is 4.62. The molecule has 3 aromatic rings. The molecule has 2 aromatic carbocycles. The number of halogens is 1. The fourth-order valence-electron chi connectivity index (χ4n) is 2.56. The number of allylic oxidation sites excluding steroid dienone is 1. The van der Waals surface area contributed by atoms with Crippen LogP contribution in [-0.4, -0.2) is 16.7 Å². The molecule has 3 rings (SSSR count). The fraction of sp³-hybridized carbons (Fsp3) is 0.211. The third-order valence-electron chi connectivity index (χ3n) is 3.59. The molecule has 1 aromatic heterocycles. The SMILES string of the molecule is C=C(C)Cn1c(COc2ccccc2OC)nc2ccccc21.Cl. The molecular weight excluding hydrogens is 324 g/mol. The first-order chi connectivity index (χ1) is 11.2. The van der Waals surface area contributed by atoms with Gasteiger partial charge in [-0.15, -0.1) is 12.4 Å². The first-order valence-electron chi connectivity index (χ1n) is 7.53. The Morgan fingerprint density at radius 1 is 1.08 bits per heavy atom. The number of aromatic nitrogens is 2. The predicted molar refractivity (Wildman–Crippen MR) is 99.1 cm³/mol. The normalized spacial score (nSPS) is 10.2. The van der Waals surface area contributed by atoms with Crippen molar-refractivity contribution in [2.75, 3.05) is 7.11 Å². The zero-order valence-corrected chi connectivity index (χ0v) is 14.7. The molecule has 0 unspecified atom stereocenters. The van der Waals surface area contributed by atoms with Gasteiger partial charge in [0.05, 0.1) is 18.1 Å². The van der Waals surface area contributed by atoms with Crippen molar-refractivity contribution in [1.29, 1.82) is 0 Å². The van der Waals surface area contributed by atoms with E-state index in [2.05, 4.69) is 17.2 Å². The molecule has 5 heteroatoms. The molecule has 0 spiro atoms. The van der Waals surface area contributed by atoms with Crippen molar-refractivity contribution in [3.8, 4) is 11.5 Å². The minimum absolute atomic E-state index is 0. The second-order valence-corrected chi connectivity index (χ2v) is 5.50. The van der Waals surface area contributed by atoms with Crippen molar-refractivity contribution in [3.63, 3.8) is 0 Å². The lowest BCUT2D eigenvalue weighted by molar-refractivity contribution is 0.273. The number of nitrogens with zero attached hydrogens (tertiary/aromatic N) is 2. The quantitative estimate of drug-likeness (QED) is 0.612. The smallest absolute Gasteiger partial charge is 0.161 e. The van der Waals surface area contributed by atoms with Gasteiger partial charge in [0.25, 0.3) is 0 Å². The summed E-state index contributed by atoms with van der Waals surface area (Å²) in [7, 11) is 1.64. The molecule has 0 saturated carbocycles. The Kier molecular flexibility index (Phi) is 5.88. The highest BCUT2D eigenvalue weighted by Crippen LogP contribution is 2.27. The second kappa shape index (κ2) is 7.88. The van der Waals surface area contributed by atoms with E-state index < -0.39 is 0 Å². The standard InChI is InChI=1S/C19H20N2O2.ClH/c1-14(2)12-21-16-9-5-4-8-15(16)20-19(21)13-23-18-11-7-6-10-17(18)22-3;/h4-11H,1,12-13H2,2-3H3;1H. The molecule has 0 fully saturated rings. The largest absolute Gasteiger partial charge is 0.493 e. The lowest BCUT2D eigenvalue weighted by Gasteiger charge is -2.12. The van der Waals surface area contributed by atoms with E-state index in [0.29, 0.717) is 12.4 Å². The number of imidazole rings is 1. The van der Waals surface area contributed by atoms with Gasteiger partial charge in [0.2, 0.25) is 0 Å². The lowest BCUT2D eigenvalue weighted by atomic mass is 10.3. The van der Waals surface area contributed by atoms with Gasteiger partial charge < -0.3 is 14.0 Å². The number of hydrogen-bond donors (Lipinski definition) is 0. The number of hydrogen-bond acceptors (Lipinski definition) is 3. The summed E-state index contributed by atoms with van der Waals surface area (Å²) in [5, 5.41) is 0. The van der Waals surface area contributed by atoms with E-state index in [1.165, 1.54) is 0 Å². The molecule has 0 amide bonds. The zero-order chi connectivity index (χ0) is 16.2. The van der Waals surface area contributed by atoms with Crippen LogP contribution < -0.4 is 9.47 Å². The van der Waals surface area contributed by atoms with Gasteiger partial charge in [0.1, 0.15) is 12.4 Å². The van der Waals surface area contributed by atoms with Crippen LogP contribution in [0, 0.1) is 0 Å². The summed E-state index contributed by atoms with van der Waals surface area (Å²) in [6.07, 6.45) is 0. The Balaban J connectivity index is 0.00000208. The molecule has 0 bridgehead atoms. The van der Waals surface area contributed by atoms with E-state index >= 15 is 0 Å². The third-order valence-corrected chi connectivity index (χ3v) is 3.59. The first-order valence-corrected chi connectivity index (χ1v) is 7.53. The number of para-hydroxylation sites is 4. The van der Waals surface area contributed by atoms with E-state index in [9.17, 15) is 0 Å². The van der Waals surface area contributed by atoms with E-state index in [-0.39, 0.29) is 12.4 Å². The molecular formula is C19H21ClN2O2. The number of benzene rings is 2. The summed E-state index contributed by atoms with van der Waals surface area (Å²) in [4.78, 5) is 4.69. The first kappa shape index (κ1) is 17.9. The van der Waals surface area contributed by atoms with Crippen molar-refractivity contribution < 1.29 is 9.47 Å². The summed E-state index contributed by atoms with van der Waals surface area (Å²) in [5.74, 6) is 2.30. The third kappa shape index (κ3) is 3.71. The second-order valence-electron chi connectivity index (χ2n) is 5.50. The molecule has 0 N–H and O–H groups in total. The summed E-state index contributed by atoms with van der Waals surface area (Å²) in [6, 6.07) is 15.7. The van der Waals surface area contributed by atoms with Gasteiger partial charge in [0, 0.05) is 6.54 Å². The zero-order valence-electron chi connectivity index (χ0n) is 13.9. The van der Waals surface area contributed by atoms with Gasteiger partial charge >= 0.3 is 0 Å². The number of fused-ring (bicyclic) bond motifs is 1. The Morgan fingerprint density at radius 2 is 1.75 bits per heavy atom. The van der Waals surface area contributed by atoms with Gasteiger partial charge in [-0.05, 0) is 31.2 Å². The minimum atomic E-state index is 0. The minimum Gasteiger partial charge on any atom is -0.493 e. The molecule has 0 atom stereocenters. The van der Waals surface area contributed by atoms with Crippen LogP contribution in [0.1, 0.15) is 12.7 Å². The van der Waals surface area contributed by atoms with Crippen LogP contribution in [0.25, 0.3) is 11.0 Å². The van der Waals surface area contributed by atoms with E-state index in [0.717, 1.165) is 34.7 Å². The monoisotopic (exact) mass is 344 g/mol. The maximum absolute atomic E-state index is 5.93. The summed E-state index contributed by atoms with van der Waals surface area (Å²) >= 11 is 0. The van der Waals surface area contributed by atoms with E-state index in [1.807, 2.05) is 49.4 Å². The van der Waals surface area contributed by atoms with Crippen LogP contribution in [0.15, 0.2) is 60.7 Å². The van der Waals surface area contributed by atoms with Crippen LogP contribution in [0.3, 0.4) is 0 Å². The number of rotatable bonds is 6. The van der Waals surface area contributed by atoms with Crippen molar-refractivity contribution in [2.24, 2.45) is 0 Å². The van der Waals surface area contributed by atoms with Gasteiger partial charge in [0.15, 0.2) is 11.5 Å². The maximum Gasteiger partial charge on any atom is 0.161 e. The van der Waals surface area contributed by atoms with Crippen LogP contribution in [0.5, 0.6) is 11.5 Å². The molecule has 0 aliphatic rings. The average molecular weight is 345 g/mol. The number of ether oxygens (including phenoxy) is 2. The van der Waals surface area contributed by atoms with Crippen LogP contribution >= 0.6 is 12.4 Å². The Labute approximate surface area is 148 Å². The fourth-order valence-corrected chi connectivity index (χ4v) is 2.56. The Hall–Kier alpha value is -2.46. The van der Waals surface area contributed by atoms with Crippen molar-refractivity contribution in [1.82, 2.24) is 9.55 Å². The summed E-state index contributed by atoms with van der Waals surface area (Å²) in [6.45, 7) is 7.13. The van der Waals surface area contributed by atoms with E-state index in [1.54, 1.807) is 7.11 Å². The van der Waals surface area contributed by atoms with Gasteiger partial charge in [-0.25, -0.2) is 4.98 Å². The highest BCUT2D eigenvalue weighted by molar-refractivity contribution is 5.85. The van der Waals surface area contributed by atoms with Gasteiger partial charge in [-0.3, -0.25) is 0 Å². The molecule has 126 valence electrons. The summed E-state index contributed by atoms with van der Waals surface area (Å²) < 4.78 is 13.4. The molecule has 24 heavy (non-hydrogen) atoms. The van der Waals surface area contributed by atoms with Gasteiger partial charge in [-0.2, -0.15) is 0 Å². The van der Waals surface area contributed by atoms with Crippen LogP contribution in [-0.2, 0) is 13.2 Å². The van der Waals surface area contributed by atoms with E-state index in [4.69, 9.17) is 14.5 Å². The van der Waals surface area contributed by atoms with Gasteiger partial charge in [-0.1, -0.05) is 36.4 Å². The van der Waals surface area contributed by atoms with Crippen molar-refractivity contribution in [2.45, 2.75) is 20.1 Å². The molecule has 0 aliphatic carbocycles. The highest BCUT2D eigenvalue weighted by Gasteiger charge is 2.12. The average Bonchev–Trinajstić information content (AvgIpc) is 2.90. The molecule has 0 aliphatic heterocycles. The topological polar surface area (TPSA) is 36.3 Å². The molecule has 0 saturated heterocycles. The van der Waals surface area contributed by atoms with Crippen molar-refractivity contribution in [3.05, 3.63) is 66.5 Å². The lowest BCUT2D eigenvalue weighted by Crippen LogP contribution is -2.08. The Bertz CT molecular complexity index is 842. The maximum atomic E-state index is 5.93. The molecule has 0 radical (unpaired) electrons. The van der Waals surface area contributed by atoms with Crippen LogP contribution in [0.4, 0.5) is 0 Å². The Morgan fingerprint density at radius 3 is 2.46 bits per heavy atom.